The van der Waals surface area contributed by atoms with Crippen LogP contribution < -0.4 is 4.74 Å². The Morgan fingerprint density at radius 2 is 1.93 bits per heavy atom. The lowest BCUT2D eigenvalue weighted by atomic mass is 9.82. The van der Waals surface area contributed by atoms with E-state index in [4.69, 9.17) is 4.74 Å². The van der Waals surface area contributed by atoms with Crippen LogP contribution in [0, 0.1) is 0 Å². The molecule has 80 valence electrons. The van der Waals surface area contributed by atoms with Gasteiger partial charge in [0.1, 0.15) is 17.1 Å². The van der Waals surface area contributed by atoms with E-state index < -0.39 is 0 Å². The van der Waals surface area contributed by atoms with E-state index in [9.17, 15) is 5.11 Å². The lowest BCUT2D eigenvalue weighted by Crippen LogP contribution is -2.36. The Bertz CT molecular complexity index is 378. The summed E-state index contributed by atoms with van der Waals surface area (Å²) in [5.41, 5.74) is 1.24. The molecule has 2 heteroatoms. The van der Waals surface area contributed by atoms with E-state index in [0.29, 0.717) is 5.75 Å². The van der Waals surface area contributed by atoms with Crippen LogP contribution in [0.15, 0.2) is 18.2 Å². The first-order valence-corrected chi connectivity index (χ1v) is 5.78. The van der Waals surface area contributed by atoms with Gasteiger partial charge < -0.3 is 9.84 Å². The number of hydrogen-bond donors (Lipinski definition) is 1. The van der Waals surface area contributed by atoms with Gasteiger partial charge in [0, 0.05) is 12.0 Å². The Hall–Kier alpha value is -1.18. The van der Waals surface area contributed by atoms with Crippen LogP contribution in [0.1, 0.15) is 37.7 Å². The molecule has 1 aliphatic heterocycles. The minimum absolute atomic E-state index is 0.0639. The van der Waals surface area contributed by atoms with Crippen LogP contribution in [-0.2, 0) is 6.42 Å². The van der Waals surface area contributed by atoms with Gasteiger partial charge in [-0.25, -0.2) is 0 Å². The van der Waals surface area contributed by atoms with Gasteiger partial charge >= 0.3 is 0 Å². The predicted molar refractivity (Wildman–Crippen MR) is 58.3 cm³/mol. The third-order valence-corrected chi connectivity index (χ3v) is 3.65. The molecule has 1 aromatic rings. The van der Waals surface area contributed by atoms with E-state index in [-0.39, 0.29) is 5.60 Å². The topological polar surface area (TPSA) is 29.5 Å². The summed E-state index contributed by atoms with van der Waals surface area (Å²) in [5.74, 6) is 1.33. The molecule has 15 heavy (non-hydrogen) atoms. The predicted octanol–water partition coefficient (Wildman–Crippen LogP) is 3.03. The summed E-state index contributed by atoms with van der Waals surface area (Å²) in [6, 6.07) is 5.45. The Kier molecular flexibility index (Phi) is 1.91. The molecule has 0 saturated heterocycles. The minimum Gasteiger partial charge on any atom is -0.508 e. The van der Waals surface area contributed by atoms with Gasteiger partial charge in [0.25, 0.3) is 0 Å². The summed E-state index contributed by atoms with van der Waals surface area (Å²) >= 11 is 0. The molecule has 0 atom stereocenters. The maximum absolute atomic E-state index is 9.43. The normalized spacial score (nSPS) is 22.4. The van der Waals surface area contributed by atoms with Crippen molar-refractivity contribution < 1.29 is 9.84 Å². The standard InChI is InChI=1S/C13H16O2/c14-11-4-5-12-10(8-11)9-13(15-12)6-2-1-3-7-13/h4-5,8,14H,1-3,6-7,9H2. The molecule has 0 aromatic heterocycles. The summed E-state index contributed by atoms with van der Waals surface area (Å²) in [5, 5.41) is 9.43. The number of benzene rings is 1. The molecule has 1 saturated carbocycles. The van der Waals surface area contributed by atoms with Crippen LogP contribution in [0.25, 0.3) is 0 Å². The van der Waals surface area contributed by atoms with Gasteiger partial charge in [0.2, 0.25) is 0 Å². The van der Waals surface area contributed by atoms with Gasteiger partial charge in [0.05, 0.1) is 0 Å². The molecule has 1 spiro atoms. The molecule has 2 aliphatic rings. The fourth-order valence-corrected chi connectivity index (χ4v) is 2.89. The van der Waals surface area contributed by atoms with Crippen molar-refractivity contribution in [2.45, 2.75) is 44.1 Å². The SMILES string of the molecule is Oc1ccc2c(c1)CC1(CCCCC1)O2. The highest BCUT2D eigenvalue weighted by Gasteiger charge is 2.40. The summed E-state index contributed by atoms with van der Waals surface area (Å²) in [6.07, 6.45) is 7.22. The fourth-order valence-electron chi connectivity index (χ4n) is 2.89. The van der Waals surface area contributed by atoms with Crippen LogP contribution >= 0.6 is 0 Å². The first-order valence-electron chi connectivity index (χ1n) is 5.78. The van der Waals surface area contributed by atoms with Gasteiger partial charge in [-0.3, -0.25) is 0 Å². The zero-order chi connectivity index (χ0) is 10.3. The highest BCUT2D eigenvalue weighted by atomic mass is 16.5. The average molecular weight is 204 g/mol. The Labute approximate surface area is 89.9 Å². The molecule has 1 fully saturated rings. The highest BCUT2D eigenvalue weighted by Crippen LogP contribution is 2.44. The van der Waals surface area contributed by atoms with Crippen LogP contribution in [-0.4, -0.2) is 10.7 Å². The molecule has 1 aliphatic carbocycles. The monoisotopic (exact) mass is 204 g/mol. The first kappa shape index (κ1) is 9.08. The molecular formula is C13H16O2. The van der Waals surface area contributed by atoms with Crippen LogP contribution in [0.2, 0.25) is 0 Å². The van der Waals surface area contributed by atoms with Crippen molar-refractivity contribution in [3.8, 4) is 11.5 Å². The van der Waals surface area contributed by atoms with Crippen molar-refractivity contribution in [2.75, 3.05) is 0 Å². The molecule has 3 rings (SSSR count). The van der Waals surface area contributed by atoms with E-state index in [1.165, 1.54) is 37.7 Å². The van der Waals surface area contributed by atoms with Gasteiger partial charge in [-0.15, -0.1) is 0 Å². The number of aromatic hydroxyl groups is 1. The van der Waals surface area contributed by atoms with Crippen molar-refractivity contribution in [3.63, 3.8) is 0 Å². The number of phenolic OH excluding ortho intramolecular Hbond substituents is 1. The number of hydrogen-bond acceptors (Lipinski definition) is 2. The molecule has 1 N–H and O–H groups in total. The quantitative estimate of drug-likeness (QED) is 0.703. The fraction of sp³-hybridized carbons (Fsp3) is 0.538. The van der Waals surface area contributed by atoms with Gasteiger partial charge in [-0.1, -0.05) is 6.42 Å². The van der Waals surface area contributed by atoms with E-state index in [0.717, 1.165) is 12.2 Å². The van der Waals surface area contributed by atoms with Gasteiger partial charge in [-0.05, 0) is 43.9 Å². The van der Waals surface area contributed by atoms with E-state index >= 15 is 0 Å². The average Bonchev–Trinajstić information content (AvgIpc) is 2.56. The zero-order valence-corrected chi connectivity index (χ0v) is 8.83. The molecule has 0 bridgehead atoms. The first-order chi connectivity index (χ1) is 7.27. The van der Waals surface area contributed by atoms with Crippen molar-refractivity contribution in [3.05, 3.63) is 23.8 Å². The van der Waals surface area contributed by atoms with E-state index in [1.807, 2.05) is 12.1 Å². The number of fused-ring (bicyclic) bond motifs is 1. The molecular weight excluding hydrogens is 188 g/mol. The maximum Gasteiger partial charge on any atom is 0.123 e. The van der Waals surface area contributed by atoms with Crippen molar-refractivity contribution >= 4 is 0 Å². The largest absolute Gasteiger partial charge is 0.508 e. The smallest absolute Gasteiger partial charge is 0.123 e. The Morgan fingerprint density at radius 1 is 1.13 bits per heavy atom. The Balaban J connectivity index is 1.90. The highest BCUT2D eigenvalue weighted by molar-refractivity contribution is 5.44. The molecule has 0 amide bonds. The molecule has 2 nitrogen and oxygen atoms in total. The van der Waals surface area contributed by atoms with Crippen molar-refractivity contribution in [1.29, 1.82) is 0 Å². The number of ether oxygens (including phenoxy) is 1. The summed E-state index contributed by atoms with van der Waals surface area (Å²) in [7, 11) is 0. The molecule has 1 heterocycles. The lowest BCUT2D eigenvalue weighted by molar-refractivity contribution is 0.0529. The Morgan fingerprint density at radius 3 is 2.73 bits per heavy atom. The van der Waals surface area contributed by atoms with Crippen LogP contribution in [0.5, 0.6) is 11.5 Å². The molecule has 1 aromatic carbocycles. The van der Waals surface area contributed by atoms with Crippen LogP contribution in [0.3, 0.4) is 0 Å². The van der Waals surface area contributed by atoms with Crippen LogP contribution in [0.4, 0.5) is 0 Å². The zero-order valence-electron chi connectivity index (χ0n) is 8.83. The van der Waals surface area contributed by atoms with Crippen molar-refractivity contribution in [1.82, 2.24) is 0 Å². The van der Waals surface area contributed by atoms with Gasteiger partial charge in [-0.2, -0.15) is 0 Å². The molecule has 0 unspecified atom stereocenters. The summed E-state index contributed by atoms with van der Waals surface area (Å²) in [4.78, 5) is 0. The number of phenols is 1. The second-order valence-corrected chi connectivity index (χ2v) is 4.81. The summed E-state index contributed by atoms with van der Waals surface area (Å²) < 4.78 is 6.08. The number of rotatable bonds is 0. The van der Waals surface area contributed by atoms with Crippen molar-refractivity contribution in [2.24, 2.45) is 0 Å². The minimum atomic E-state index is 0.0639. The summed E-state index contributed by atoms with van der Waals surface area (Å²) in [6.45, 7) is 0. The van der Waals surface area contributed by atoms with E-state index in [2.05, 4.69) is 0 Å². The lowest BCUT2D eigenvalue weighted by Gasteiger charge is -2.32. The third-order valence-electron chi connectivity index (χ3n) is 3.65. The van der Waals surface area contributed by atoms with E-state index in [1.54, 1.807) is 6.07 Å². The third kappa shape index (κ3) is 1.48. The maximum atomic E-state index is 9.43. The van der Waals surface area contributed by atoms with Gasteiger partial charge in [0.15, 0.2) is 0 Å². The second-order valence-electron chi connectivity index (χ2n) is 4.81. The molecule has 0 radical (unpaired) electrons. The second kappa shape index (κ2) is 3.16.